The predicted octanol–water partition coefficient (Wildman–Crippen LogP) is 3.53. The third kappa shape index (κ3) is 1.88. The Kier molecular flexibility index (Phi) is 3.04. The van der Waals surface area contributed by atoms with Crippen LogP contribution in [0.1, 0.15) is 37.6 Å². The van der Waals surface area contributed by atoms with Crippen molar-refractivity contribution in [3.05, 3.63) is 64.4 Å². The molecule has 3 aromatic rings. The van der Waals surface area contributed by atoms with Crippen molar-refractivity contribution in [2.24, 2.45) is 0 Å². The molecule has 4 nitrogen and oxygen atoms in total. The van der Waals surface area contributed by atoms with Gasteiger partial charge in [0.2, 0.25) is 0 Å². The number of benzene rings is 2. The molecule has 1 aromatic heterocycles. The molecule has 1 aliphatic rings. The Bertz CT molecular complexity index is 1060. The summed E-state index contributed by atoms with van der Waals surface area (Å²) >= 11 is 0. The summed E-state index contributed by atoms with van der Waals surface area (Å²) in [5.74, 6) is 2.84. The van der Waals surface area contributed by atoms with Gasteiger partial charge in [0.25, 0.3) is 0 Å². The molecule has 0 atom stereocenters. The fourth-order valence-electron chi connectivity index (χ4n) is 3.11. The van der Waals surface area contributed by atoms with Crippen LogP contribution in [-0.4, -0.2) is 18.2 Å². The fraction of sp³-hybridized carbons (Fsp3) is 0.100. The lowest BCUT2D eigenvalue weighted by Gasteiger charge is -2.20. The highest BCUT2D eigenvalue weighted by atomic mass is 16.5. The average Bonchev–Trinajstić information content (AvgIpc) is 2.96. The number of carbonyl (C=O) groups is 2. The van der Waals surface area contributed by atoms with Gasteiger partial charge in [0.15, 0.2) is 11.6 Å². The van der Waals surface area contributed by atoms with Crippen LogP contribution in [0.4, 0.5) is 0 Å². The van der Waals surface area contributed by atoms with Gasteiger partial charge in [-0.15, -0.1) is 6.42 Å². The molecule has 116 valence electrons. The van der Waals surface area contributed by atoms with Gasteiger partial charge in [0.1, 0.15) is 23.7 Å². The van der Waals surface area contributed by atoms with E-state index in [9.17, 15) is 9.59 Å². The van der Waals surface area contributed by atoms with Gasteiger partial charge in [-0.2, -0.15) is 0 Å². The topological polar surface area (TPSA) is 56.5 Å². The van der Waals surface area contributed by atoms with Gasteiger partial charge < -0.3 is 9.15 Å². The minimum Gasteiger partial charge on any atom is -0.480 e. The van der Waals surface area contributed by atoms with E-state index in [1.165, 1.54) is 0 Å². The van der Waals surface area contributed by atoms with E-state index in [1.54, 1.807) is 43.3 Å². The summed E-state index contributed by atoms with van der Waals surface area (Å²) in [5, 5.41) is 0.707. The van der Waals surface area contributed by atoms with E-state index in [1.807, 2.05) is 0 Å². The maximum Gasteiger partial charge on any atom is 0.198 e. The molecule has 1 aliphatic carbocycles. The molecule has 0 saturated carbocycles. The van der Waals surface area contributed by atoms with Crippen molar-refractivity contribution in [1.29, 1.82) is 0 Å². The molecule has 2 aromatic carbocycles. The van der Waals surface area contributed by atoms with E-state index in [4.69, 9.17) is 15.6 Å². The van der Waals surface area contributed by atoms with Gasteiger partial charge in [-0.1, -0.05) is 30.2 Å². The molecule has 0 spiro atoms. The molecule has 24 heavy (non-hydrogen) atoms. The zero-order chi connectivity index (χ0) is 16.8. The van der Waals surface area contributed by atoms with Gasteiger partial charge in [-0.25, -0.2) is 0 Å². The van der Waals surface area contributed by atoms with Crippen molar-refractivity contribution in [2.45, 2.75) is 6.92 Å². The van der Waals surface area contributed by atoms with E-state index in [0.717, 1.165) is 0 Å². The number of fused-ring (bicyclic) bond motifs is 4. The van der Waals surface area contributed by atoms with Crippen LogP contribution >= 0.6 is 0 Å². The van der Waals surface area contributed by atoms with Crippen molar-refractivity contribution < 1.29 is 18.7 Å². The zero-order valence-electron chi connectivity index (χ0n) is 12.9. The number of terminal acetylenes is 1. The summed E-state index contributed by atoms with van der Waals surface area (Å²) in [5.41, 5.74) is 1.61. The highest BCUT2D eigenvalue weighted by molar-refractivity contribution is 6.32. The normalized spacial score (nSPS) is 12.7. The fourth-order valence-corrected chi connectivity index (χ4v) is 3.11. The van der Waals surface area contributed by atoms with Gasteiger partial charge in [0, 0.05) is 16.5 Å². The Morgan fingerprint density at radius 3 is 2.42 bits per heavy atom. The summed E-state index contributed by atoms with van der Waals surface area (Å²) in [6.45, 7) is 1.80. The third-order valence-corrected chi connectivity index (χ3v) is 4.08. The number of hydrogen-bond donors (Lipinski definition) is 0. The second-order valence-electron chi connectivity index (χ2n) is 5.60. The van der Waals surface area contributed by atoms with Crippen molar-refractivity contribution in [3.8, 4) is 18.1 Å². The quantitative estimate of drug-likeness (QED) is 0.531. The van der Waals surface area contributed by atoms with E-state index < -0.39 is 0 Å². The maximum absolute atomic E-state index is 13.0. The summed E-state index contributed by atoms with van der Waals surface area (Å²) < 4.78 is 11.2. The standard InChI is InChI=1S/C20H12O4/c1-3-8-23-15-10-12-9-11(2)24-20(12)17-16(15)18(21)13-6-4-5-7-14(13)19(17)22/h1,4-7,9-10H,8H2,2H3. The second-order valence-corrected chi connectivity index (χ2v) is 5.60. The number of furan rings is 1. The van der Waals surface area contributed by atoms with E-state index in [0.29, 0.717) is 33.6 Å². The number of ether oxygens (including phenoxy) is 1. The van der Waals surface area contributed by atoms with E-state index >= 15 is 0 Å². The van der Waals surface area contributed by atoms with Crippen LogP contribution in [0.25, 0.3) is 11.0 Å². The van der Waals surface area contributed by atoms with Crippen LogP contribution in [0, 0.1) is 19.3 Å². The Labute approximate surface area is 138 Å². The van der Waals surface area contributed by atoms with Crippen LogP contribution < -0.4 is 4.74 Å². The number of carbonyl (C=O) groups excluding carboxylic acids is 2. The first-order chi connectivity index (χ1) is 11.6. The van der Waals surface area contributed by atoms with Crippen molar-refractivity contribution >= 4 is 22.5 Å². The van der Waals surface area contributed by atoms with E-state index in [-0.39, 0.29) is 29.3 Å². The number of hydrogen-bond acceptors (Lipinski definition) is 4. The average molecular weight is 316 g/mol. The van der Waals surface area contributed by atoms with Gasteiger partial charge >= 0.3 is 0 Å². The molecule has 0 amide bonds. The lowest BCUT2D eigenvalue weighted by Crippen LogP contribution is -2.22. The van der Waals surface area contributed by atoms with Crippen LogP contribution in [0.3, 0.4) is 0 Å². The first kappa shape index (κ1) is 14.3. The van der Waals surface area contributed by atoms with Crippen LogP contribution in [-0.2, 0) is 0 Å². The minimum atomic E-state index is -0.261. The number of ketones is 2. The third-order valence-electron chi connectivity index (χ3n) is 4.08. The molecule has 0 saturated heterocycles. The van der Waals surface area contributed by atoms with Gasteiger partial charge in [-0.05, 0) is 19.1 Å². The second kappa shape index (κ2) is 5.10. The minimum absolute atomic E-state index is 0.0118. The SMILES string of the molecule is C#CCOc1cc2cc(C)oc2c2c1C(=O)c1ccccc1C2=O. The lowest BCUT2D eigenvalue weighted by atomic mass is 9.83. The van der Waals surface area contributed by atoms with Crippen molar-refractivity contribution in [2.75, 3.05) is 6.61 Å². The van der Waals surface area contributed by atoms with E-state index in [2.05, 4.69) is 5.92 Å². The number of rotatable bonds is 2. The monoisotopic (exact) mass is 316 g/mol. The van der Waals surface area contributed by atoms with Crippen LogP contribution in [0.5, 0.6) is 5.75 Å². The summed E-state index contributed by atoms with van der Waals surface area (Å²) in [4.78, 5) is 26.0. The Morgan fingerprint density at radius 2 is 1.75 bits per heavy atom. The van der Waals surface area contributed by atoms with Crippen molar-refractivity contribution in [1.82, 2.24) is 0 Å². The molecule has 0 N–H and O–H groups in total. The van der Waals surface area contributed by atoms with Gasteiger partial charge in [0.05, 0.1) is 11.1 Å². The Morgan fingerprint density at radius 1 is 1.08 bits per heavy atom. The van der Waals surface area contributed by atoms with Crippen LogP contribution in [0.15, 0.2) is 40.8 Å². The first-order valence-corrected chi connectivity index (χ1v) is 7.43. The van der Waals surface area contributed by atoms with Gasteiger partial charge in [-0.3, -0.25) is 9.59 Å². The highest BCUT2D eigenvalue weighted by Gasteiger charge is 2.35. The molecule has 4 rings (SSSR count). The summed E-state index contributed by atoms with van der Waals surface area (Å²) in [6, 6.07) is 10.2. The highest BCUT2D eigenvalue weighted by Crippen LogP contribution is 2.39. The molecular formula is C20H12O4. The number of aryl methyl sites for hydroxylation is 1. The maximum atomic E-state index is 13.0. The largest absolute Gasteiger partial charge is 0.480 e. The molecule has 0 radical (unpaired) electrons. The molecular weight excluding hydrogens is 304 g/mol. The Balaban J connectivity index is 2.09. The Hall–Kier alpha value is -3.32. The molecule has 0 unspecified atom stereocenters. The molecule has 0 aliphatic heterocycles. The molecule has 1 heterocycles. The molecule has 0 fully saturated rings. The first-order valence-electron chi connectivity index (χ1n) is 7.43. The van der Waals surface area contributed by atoms with Crippen molar-refractivity contribution in [3.63, 3.8) is 0 Å². The zero-order valence-corrected chi connectivity index (χ0v) is 12.9. The molecule has 4 heteroatoms. The molecule has 0 bridgehead atoms. The smallest absolute Gasteiger partial charge is 0.198 e. The summed E-state index contributed by atoms with van der Waals surface area (Å²) in [6.07, 6.45) is 5.26. The van der Waals surface area contributed by atoms with Crippen LogP contribution in [0.2, 0.25) is 0 Å². The predicted molar refractivity (Wildman–Crippen MR) is 88.6 cm³/mol. The lowest BCUT2D eigenvalue weighted by molar-refractivity contribution is 0.0976. The summed E-state index contributed by atoms with van der Waals surface area (Å²) in [7, 11) is 0.